The van der Waals surface area contributed by atoms with Crippen LogP contribution < -0.4 is 5.32 Å². The Bertz CT molecular complexity index is 1250. The number of rotatable bonds is 7. The summed E-state index contributed by atoms with van der Waals surface area (Å²) in [6, 6.07) is 10.5. The van der Waals surface area contributed by atoms with E-state index in [2.05, 4.69) is 76.9 Å². The van der Waals surface area contributed by atoms with E-state index in [1.165, 1.54) is 23.2 Å². The average Bonchev–Trinajstić information content (AvgIpc) is 3.43. The number of aliphatic hydroxyl groups excluding tert-OH is 1. The van der Waals surface area contributed by atoms with Crippen LogP contribution in [0.3, 0.4) is 0 Å². The second-order valence-corrected chi connectivity index (χ2v) is 16.2. The minimum Gasteiger partial charge on any atom is -0.396 e. The molecule has 0 bridgehead atoms. The normalized spacial score (nSPS) is 19.7. The molecule has 182 valence electrons. The summed E-state index contributed by atoms with van der Waals surface area (Å²) in [7, 11) is -1.42. The van der Waals surface area contributed by atoms with Crippen LogP contribution in [0, 0.1) is 23.3 Å². The molecule has 3 atom stereocenters. The van der Waals surface area contributed by atoms with Gasteiger partial charge in [-0.05, 0) is 65.8 Å². The Kier molecular flexibility index (Phi) is 7.85. The Morgan fingerprint density at radius 3 is 2.80 bits per heavy atom. The van der Waals surface area contributed by atoms with Gasteiger partial charge in [-0.2, -0.15) is 0 Å². The maximum Gasteiger partial charge on any atom is 0.208 e. The van der Waals surface area contributed by atoms with E-state index in [9.17, 15) is 9.90 Å². The molecule has 5 nitrogen and oxygen atoms in total. The summed E-state index contributed by atoms with van der Waals surface area (Å²) in [5, 5.41) is 15.1. The number of ketones is 1. The molecule has 1 aliphatic carbocycles. The third-order valence-electron chi connectivity index (χ3n) is 6.38. The molecule has 1 fully saturated rings. The Morgan fingerprint density at radius 1 is 1.23 bits per heavy atom. The lowest BCUT2D eigenvalue weighted by molar-refractivity contribution is 0.104. The molecular formula is C28H33N3O2SSi. The van der Waals surface area contributed by atoms with E-state index < -0.39 is 8.07 Å². The summed E-state index contributed by atoms with van der Waals surface area (Å²) < 4.78 is 0. The molecule has 0 unspecified atom stereocenters. The summed E-state index contributed by atoms with van der Waals surface area (Å²) >= 11 is 1.46. The van der Waals surface area contributed by atoms with Gasteiger partial charge in [0.1, 0.15) is 20.2 Å². The fourth-order valence-corrected chi connectivity index (χ4v) is 5.87. The zero-order chi connectivity index (χ0) is 25.0. The van der Waals surface area contributed by atoms with Crippen molar-refractivity contribution in [2.24, 2.45) is 11.8 Å². The van der Waals surface area contributed by atoms with Gasteiger partial charge in [-0.3, -0.25) is 4.79 Å². The van der Waals surface area contributed by atoms with Gasteiger partial charge in [0.15, 0.2) is 0 Å². The monoisotopic (exact) mass is 503 g/mol. The van der Waals surface area contributed by atoms with Gasteiger partial charge in [-0.25, -0.2) is 9.97 Å². The third kappa shape index (κ3) is 6.66. The quantitative estimate of drug-likeness (QED) is 0.256. The standard InChI is InChI=1S/C28H33N3O2SSi/c1-19-10-24(14-23(19)16-32)31-28-25(15-29-18-30-28)27(33)26-13-22(17-34-26)12-21-7-5-6-20(11-21)8-9-35(2,3)4/h5-7,11,13,15,17-19,23-24,32H,10,12,14,16H2,1-4H3,(H,29,30,31)/t19-,23+,24-/m0/s1. The van der Waals surface area contributed by atoms with Gasteiger partial charge in [-0.1, -0.05) is 44.6 Å². The van der Waals surface area contributed by atoms with Crippen LogP contribution in [-0.4, -0.2) is 41.6 Å². The van der Waals surface area contributed by atoms with E-state index in [4.69, 9.17) is 0 Å². The highest BCUT2D eigenvalue weighted by atomic mass is 32.1. The first-order valence-electron chi connectivity index (χ1n) is 12.1. The van der Waals surface area contributed by atoms with Crippen LogP contribution in [0.5, 0.6) is 0 Å². The highest BCUT2D eigenvalue weighted by Crippen LogP contribution is 2.33. The van der Waals surface area contributed by atoms with Crippen molar-refractivity contribution in [3.63, 3.8) is 0 Å². The van der Waals surface area contributed by atoms with Crippen molar-refractivity contribution >= 4 is 31.0 Å². The van der Waals surface area contributed by atoms with Gasteiger partial charge in [0.25, 0.3) is 0 Å². The number of anilines is 1. The topological polar surface area (TPSA) is 75.1 Å². The second-order valence-electron chi connectivity index (χ2n) is 10.5. The fraction of sp³-hybridized carbons (Fsp3) is 0.393. The zero-order valence-electron chi connectivity index (χ0n) is 20.8. The van der Waals surface area contributed by atoms with Crippen molar-refractivity contribution in [2.45, 2.75) is 51.9 Å². The second kappa shape index (κ2) is 10.9. The Morgan fingerprint density at radius 2 is 2.06 bits per heavy atom. The lowest BCUT2D eigenvalue weighted by Crippen LogP contribution is -2.19. The molecule has 1 aliphatic rings. The van der Waals surface area contributed by atoms with Crippen LogP contribution in [0.4, 0.5) is 5.82 Å². The van der Waals surface area contributed by atoms with E-state index in [0.29, 0.717) is 22.2 Å². The minimum atomic E-state index is -1.42. The number of carbonyl (C=O) groups excluding carboxylic acids is 1. The van der Waals surface area contributed by atoms with Crippen LogP contribution >= 0.6 is 11.3 Å². The number of aromatic nitrogens is 2. The van der Waals surface area contributed by atoms with E-state index in [-0.39, 0.29) is 24.3 Å². The van der Waals surface area contributed by atoms with Gasteiger partial charge in [0, 0.05) is 24.4 Å². The van der Waals surface area contributed by atoms with E-state index >= 15 is 0 Å². The minimum absolute atomic E-state index is 0.0659. The molecule has 1 aromatic carbocycles. The summed E-state index contributed by atoms with van der Waals surface area (Å²) in [5.74, 6) is 4.56. The van der Waals surface area contributed by atoms with E-state index in [0.717, 1.165) is 30.4 Å². The molecule has 35 heavy (non-hydrogen) atoms. The first kappa shape index (κ1) is 25.3. The highest BCUT2D eigenvalue weighted by Gasteiger charge is 2.31. The number of nitrogens with one attached hydrogen (secondary N) is 1. The highest BCUT2D eigenvalue weighted by molar-refractivity contribution is 7.12. The number of nitrogens with zero attached hydrogens (tertiary/aromatic N) is 2. The largest absolute Gasteiger partial charge is 0.396 e. The Hall–Kier alpha value is -2.79. The molecule has 7 heteroatoms. The van der Waals surface area contributed by atoms with E-state index in [1.54, 1.807) is 6.20 Å². The van der Waals surface area contributed by atoms with Crippen LogP contribution in [0.1, 0.15) is 51.7 Å². The van der Waals surface area contributed by atoms with Crippen LogP contribution in [0.15, 0.2) is 48.2 Å². The molecule has 0 spiro atoms. The number of carbonyl (C=O) groups is 1. The van der Waals surface area contributed by atoms with Crippen molar-refractivity contribution in [3.05, 3.63) is 75.4 Å². The first-order chi connectivity index (χ1) is 16.7. The van der Waals surface area contributed by atoms with Crippen molar-refractivity contribution in [1.82, 2.24) is 9.97 Å². The lowest BCUT2D eigenvalue weighted by Gasteiger charge is -2.15. The van der Waals surface area contributed by atoms with Crippen LogP contribution in [0.25, 0.3) is 0 Å². The molecule has 3 aromatic rings. The molecule has 4 rings (SSSR count). The SMILES string of the molecule is C[C@H]1C[C@H](Nc2ncncc2C(=O)c2cc(Cc3cccc(C#C[Si](C)(C)C)c3)cs2)C[C@@H]1CO. The Balaban J connectivity index is 1.47. The van der Waals surface area contributed by atoms with Gasteiger partial charge in [-0.15, -0.1) is 16.9 Å². The Labute approximate surface area is 213 Å². The molecule has 0 aliphatic heterocycles. The predicted octanol–water partition coefficient (Wildman–Crippen LogP) is 5.41. The summed E-state index contributed by atoms with van der Waals surface area (Å²) in [6.45, 7) is 9.09. The fourth-order valence-electron chi connectivity index (χ4n) is 4.49. The van der Waals surface area contributed by atoms with Gasteiger partial charge < -0.3 is 10.4 Å². The molecule has 1 saturated carbocycles. The number of aliphatic hydroxyl groups is 1. The van der Waals surface area contributed by atoms with Crippen molar-refractivity contribution in [1.29, 1.82) is 0 Å². The number of hydrogen-bond acceptors (Lipinski definition) is 6. The molecule has 0 saturated heterocycles. The third-order valence-corrected chi connectivity index (χ3v) is 8.23. The van der Waals surface area contributed by atoms with Crippen molar-refractivity contribution in [3.8, 4) is 11.5 Å². The summed E-state index contributed by atoms with van der Waals surface area (Å²) in [6.07, 6.45) is 5.65. The zero-order valence-corrected chi connectivity index (χ0v) is 22.7. The lowest BCUT2D eigenvalue weighted by atomic mass is 10.00. The smallest absolute Gasteiger partial charge is 0.208 e. The van der Waals surface area contributed by atoms with Crippen molar-refractivity contribution in [2.75, 3.05) is 11.9 Å². The number of thiophene rings is 1. The van der Waals surface area contributed by atoms with Crippen molar-refractivity contribution < 1.29 is 9.90 Å². The molecular weight excluding hydrogens is 470 g/mol. The summed E-state index contributed by atoms with van der Waals surface area (Å²) in [5.41, 5.74) is 7.24. The molecule has 0 amide bonds. The maximum absolute atomic E-state index is 13.4. The number of benzene rings is 1. The van der Waals surface area contributed by atoms with Gasteiger partial charge in [0.05, 0.1) is 10.4 Å². The number of hydrogen-bond donors (Lipinski definition) is 2. The van der Waals surface area contributed by atoms with Gasteiger partial charge in [0.2, 0.25) is 5.78 Å². The molecule has 0 radical (unpaired) electrons. The van der Waals surface area contributed by atoms with Crippen LogP contribution in [0.2, 0.25) is 19.6 Å². The van der Waals surface area contributed by atoms with Crippen LogP contribution in [-0.2, 0) is 6.42 Å². The van der Waals surface area contributed by atoms with E-state index in [1.807, 2.05) is 12.1 Å². The molecule has 2 aromatic heterocycles. The average molecular weight is 504 g/mol. The summed E-state index contributed by atoms with van der Waals surface area (Å²) in [4.78, 5) is 22.5. The molecule has 2 N–H and O–H groups in total. The first-order valence-corrected chi connectivity index (χ1v) is 16.5. The van der Waals surface area contributed by atoms with Gasteiger partial charge >= 0.3 is 0 Å². The predicted molar refractivity (Wildman–Crippen MR) is 146 cm³/mol. The maximum atomic E-state index is 13.4. The molecule has 2 heterocycles.